The number of ether oxygens (including phenoxy) is 3. The van der Waals surface area contributed by atoms with Gasteiger partial charge in [0.25, 0.3) is 0 Å². The molecule has 1 unspecified atom stereocenters. The van der Waals surface area contributed by atoms with E-state index in [9.17, 15) is 4.79 Å². The molecule has 25 heavy (non-hydrogen) atoms. The lowest BCUT2D eigenvalue weighted by molar-refractivity contribution is -0.117. The van der Waals surface area contributed by atoms with Crippen LogP contribution >= 0.6 is 0 Å². The van der Waals surface area contributed by atoms with Gasteiger partial charge in [-0.05, 0) is 36.4 Å². The fourth-order valence-electron chi connectivity index (χ4n) is 2.59. The van der Waals surface area contributed by atoms with Crippen molar-refractivity contribution in [2.45, 2.75) is 12.5 Å². The van der Waals surface area contributed by atoms with Gasteiger partial charge in [-0.2, -0.15) is 0 Å². The lowest BCUT2D eigenvalue weighted by Gasteiger charge is -2.23. The van der Waals surface area contributed by atoms with E-state index in [0.717, 1.165) is 18.0 Å². The van der Waals surface area contributed by atoms with Crippen molar-refractivity contribution in [1.82, 2.24) is 5.32 Å². The van der Waals surface area contributed by atoms with Gasteiger partial charge in [0, 0.05) is 30.8 Å². The van der Waals surface area contributed by atoms with Crippen molar-refractivity contribution in [3.05, 3.63) is 48.5 Å². The molecule has 3 rings (SSSR count). The molecule has 2 N–H and O–H groups in total. The molecule has 6 heteroatoms. The van der Waals surface area contributed by atoms with Gasteiger partial charge in [0.2, 0.25) is 5.91 Å². The molecule has 132 valence electrons. The van der Waals surface area contributed by atoms with Crippen LogP contribution in [0, 0.1) is 0 Å². The molecule has 1 aliphatic rings. The highest BCUT2D eigenvalue weighted by Gasteiger charge is 2.16. The Labute approximate surface area is 147 Å². The van der Waals surface area contributed by atoms with E-state index < -0.39 is 0 Å². The third-order valence-electron chi connectivity index (χ3n) is 3.85. The zero-order valence-corrected chi connectivity index (χ0v) is 14.2. The number of benzene rings is 2. The lowest BCUT2D eigenvalue weighted by Crippen LogP contribution is -2.43. The summed E-state index contributed by atoms with van der Waals surface area (Å²) in [6.45, 7) is 2.06. The Hall–Kier alpha value is -2.57. The molecule has 1 saturated heterocycles. The van der Waals surface area contributed by atoms with Crippen LogP contribution in [0.3, 0.4) is 0 Å². The predicted octanol–water partition coefficient (Wildman–Crippen LogP) is 2.80. The molecule has 1 atom stereocenters. The van der Waals surface area contributed by atoms with E-state index in [0.29, 0.717) is 31.1 Å². The molecule has 0 aliphatic carbocycles. The van der Waals surface area contributed by atoms with Crippen molar-refractivity contribution < 1.29 is 19.0 Å². The summed E-state index contributed by atoms with van der Waals surface area (Å²) in [5, 5.41) is 6.15. The topological polar surface area (TPSA) is 68.8 Å². The molecule has 2 aromatic rings. The second-order valence-electron chi connectivity index (χ2n) is 5.78. The largest absolute Gasteiger partial charge is 0.497 e. The van der Waals surface area contributed by atoms with E-state index in [1.54, 1.807) is 7.11 Å². The smallest absolute Gasteiger partial charge is 0.226 e. The molecule has 2 aromatic carbocycles. The average molecular weight is 342 g/mol. The van der Waals surface area contributed by atoms with Crippen LogP contribution in [-0.4, -0.2) is 38.8 Å². The first-order valence-corrected chi connectivity index (χ1v) is 8.26. The van der Waals surface area contributed by atoms with Crippen LogP contribution < -0.4 is 20.1 Å². The Balaban J connectivity index is 1.53. The van der Waals surface area contributed by atoms with E-state index >= 15 is 0 Å². The Kier molecular flexibility index (Phi) is 5.87. The first kappa shape index (κ1) is 17.3. The maximum atomic E-state index is 12.1. The van der Waals surface area contributed by atoms with E-state index in [-0.39, 0.29) is 11.9 Å². The van der Waals surface area contributed by atoms with Gasteiger partial charge in [-0.25, -0.2) is 0 Å². The van der Waals surface area contributed by atoms with Crippen LogP contribution in [0.25, 0.3) is 0 Å². The van der Waals surface area contributed by atoms with Crippen molar-refractivity contribution in [3.63, 3.8) is 0 Å². The number of carbonyl (C=O) groups excluding carboxylic acids is 1. The summed E-state index contributed by atoms with van der Waals surface area (Å²) < 4.78 is 16.3. The summed E-state index contributed by atoms with van der Waals surface area (Å²) in [5.41, 5.74) is 0.736. The molecule has 1 fully saturated rings. The minimum Gasteiger partial charge on any atom is -0.497 e. The Bertz CT molecular complexity index is 697. The highest BCUT2D eigenvalue weighted by atomic mass is 16.5. The van der Waals surface area contributed by atoms with Crippen LogP contribution in [-0.2, 0) is 9.53 Å². The highest BCUT2D eigenvalue weighted by molar-refractivity contribution is 5.91. The quantitative estimate of drug-likeness (QED) is 0.845. The van der Waals surface area contributed by atoms with Gasteiger partial charge in [-0.1, -0.05) is 6.07 Å². The fraction of sp³-hybridized carbons (Fsp3) is 0.316. The van der Waals surface area contributed by atoms with E-state index in [2.05, 4.69) is 10.6 Å². The molecular weight excluding hydrogens is 320 g/mol. The minimum atomic E-state index is -0.0375. The number of carbonyl (C=O) groups is 1. The number of hydrogen-bond acceptors (Lipinski definition) is 5. The van der Waals surface area contributed by atoms with E-state index in [1.807, 2.05) is 48.5 Å². The monoisotopic (exact) mass is 342 g/mol. The normalized spacial score (nSPS) is 16.9. The fourth-order valence-corrected chi connectivity index (χ4v) is 2.59. The van der Waals surface area contributed by atoms with Gasteiger partial charge in [-0.3, -0.25) is 4.79 Å². The zero-order valence-electron chi connectivity index (χ0n) is 14.2. The molecule has 0 radical (unpaired) electrons. The third kappa shape index (κ3) is 5.20. The standard InChI is InChI=1S/C19H22N2O4/c1-23-17-3-2-4-18(12-17)25-16-7-5-14(6-8-16)21-19(22)11-15-13-24-10-9-20-15/h2-8,12,15,20H,9-11,13H2,1H3,(H,21,22). The van der Waals surface area contributed by atoms with E-state index in [4.69, 9.17) is 14.2 Å². The van der Waals surface area contributed by atoms with Crippen LogP contribution in [0.2, 0.25) is 0 Å². The summed E-state index contributed by atoms with van der Waals surface area (Å²) in [6.07, 6.45) is 0.391. The van der Waals surface area contributed by atoms with Crippen LogP contribution in [0.4, 0.5) is 5.69 Å². The molecule has 1 aliphatic heterocycles. The second-order valence-corrected chi connectivity index (χ2v) is 5.78. The number of hydrogen-bond donors (Lipinski definition) is 2. The van der Waals surface area contributed by atoms with Crippen molar-refractivity contribution >= 4 is 11.6 Å². The number of methoxy groups -OCH3 is 1. The Morgan fingerprint density at radius 3 is 2.72 bits per heavy atom. The molecule has 1 heterocycles. The summed E-state index contributed by atoms with van der Waals surface area (Å²) in [7, 11) is 1.62. The molecule has 0 aromatic heterocycles. The SMILES string of the molecule is COc1cccc(Oc2ccc(NC(=O)CC3COCCN3)cc2)c1. The number of amides is 1. The molecule has 6 nitrogen and oxygen atoms in total. The van der Waals surface area contributed by atoms with Gasteiger partial charge in [0.1, 0.15) is 17.2 Å². The summed E-state index contributed by atoms with van der Waals surface area (Å²) >= 11 is 0. The number of rotatable bonds is 6. The van der Waals surface area contributed by atoms with Gasteiger partial charge >= 0.3 is 0 Å². The lowest BCUT2D eigenvalue weighted by atomic mass is 10.2. The molecular formula is C19H22N2O4. The number of anilines is 1. The van der Waals surface area contributed by atoms with Crippen LogP contribution in [0.15, 0.2) is 48.5 Å². The molecule has 0 saturated carbocycles. The van der Waals surface area contributed by atoms with Crippen molar-refractivity contribution in [3.8, 4) is 17.2 Å². The Morgan fingerprint density at radius 2 is 2.00 bits per heavy atom. The summed E-state index contributed by atoms with van der Waals surface area (Å²) in [4.78, 5) is 12.1. The number of morpholine rings is 1. The average Bonchev–Trinajstić information content (AvgIpc) is 2.64. The van der Waals surface area contributed by atoms with Gasteiger partial charge < -0.3 is 24.8 Å². The maximum absolute atomic E-state index is 12.1. The zero-order chi connectivity index (χ0) is 17.5. The van der Waals surface area contributed by atoms with E-state index in [1.165, 1.54) is 0 Å². The second kappa shape index (κ2) is 8.50. The maximum Gasteiger partial charge on any atom is 0.226 e. The molecule has 0 bridgehead atoms. The van der Waals surface area contributed by atoms with Crippen molar-refractivity contribution in [1.29, 1.82) is 0 Å². The van der Waals surface area contributed by atoms with Crippen molar-refractivity contribution in [2.75, 3.05) is 32.2 Å². The Morgan fingerprint density at radius 1 is 1.20 bits per heavy atom. The summed E-state index contributed by atoms with van der Waals surface area (Å²) in [6, 6.07) is 14.7. The van der Waals surface area contributed by atoms with Gasteiger partial charge in [-0.15, -0.1) is 0 Å². The summed E-state index contributed by atoms with van der Waals surface area (Å²) in [5.74, 6) is 2.08. The first-order chi connectivity index (χ1) is 12.2. The molecule has 0 spiro atoms. The number of nitrogens with one attached hydrogen (secondary N) is 2. The third-order valence-corrected chi connectivity index (χ3v) is 3.85. The van der Waals surface area contributed by atoms with Crippen LogP contribution in [0.1, 0.15) is 6.42 Å². The first-order valence-electron chi connectivity index (χ1n) is 8.26. The van der Waals surface area contributed by atoms with Gasteiger partial charge in [0.15, 0.2) is 0 Å². The van der Waals surface area contributed by atoms with Gasteiger partial charge in [0.05, 0.1) is 20.3 Å². The van der Waals surface area contributed by atoms with Crippen molar-refractivity contribution in [2.24, 2.45) is 0 Å². The van der Waals surface area contributed by atoms with Crippen LogP contribution in [0.5, 0.6) is 17.2 Å². The minimum absolute atomic E-state index is 0.0375. The highest BCUT2D eigenvalue weighted by Crippen LogP contribution is 2.26. The predicted molar refractivity (Wildman–Crippen MR) is 95.4 cm³/mol. The molecule has 1 amide bonds.